The van der Waals surface area contributed by atoms with Gasteiger partial charge >= 0.3 is 17.0 Å². The minimum atomic E-state index is -2.28. The summed E-state index contributed by atoms with van der Waals surface area (Å²) in [5.41, 5.74) is 0.866. The number of morpholine rings is 1. The highest BCUT2D eigenvalue weighted by atomic mass is 32.1. The first-order valence-corrected chi connectivity index (χ1v) is 30.5. The molecule has 26 heteroatoms. The molecule has 0 radical (unpaired) electrons. The van der Waals surface area contributed by atoms with Gasteiger partial charge in [-0.1, -0.05) is 153 Å². The predicted octanol–water partition coefficient (Wildman–Crippen LogP) is 6.74. The molecule has 436 valence electrons. The van der Waals surface area contributed by atoms with Crippen molar-refractivity contribution in [1.29, 1.82) is 0 Å². The number of aliphatic hydroxyl groups is 2. The number of nitrogens with zero attached hydrogens (tertiary/aromatic N) is 9. The maximum absolute atomic E-state index is 14.3. The molecule has 9 rings (SSSR count). The van der Waals surface area contributed by atoms with Gasteiger partial charge in [0, 0.05) is 50.9 Å². The Morgan fingerprint density at radius 3 is 1.81 bits per heavy atom. The Hall–Kier alpha value is -7.95. The highest BCUT2D eigenvalue weighted by Crippen LogP contribution is 2.29. The first-order chi connectivity index (χ1) is 40.9. The number of carbonyl (C=O) groups excluding carboxylic acids is 5. The topological polar surface area (TPSA) is 290 Å². The zero-order valence-electron chi connectivity index (χ0n) is 45.7. The van der Waals surface area contributed by atoms with Crippen LogP contribution >= 0.6 is 45.3 Å². The normalized spacial score (nSPS) is 13.5. The second-order valence-corrected chi connectivity index (χ2v) is 23.7. The molecule has 2 atom stereocenters. The largest absolute Gasteiger partial charge is 0.464 e. The standard InChI is InChI=1S/C58H61N13O9S4/c1-38(40-17-7-3-8-18-40)51(75)60-55-67-64-47(82-55)21-11-12-22-48-65-68-56(83-48)61-52(76)44(36-80-50(74)29-30-70-31-33-79-34-32-70)41-25-27-43(28-26-41)71-57(62-53(77)58(78,37-72)42-19-9-4-10-20-42)84-49(69-71)24-14-13-23-46-63-66-54(81-46)59-45(73)35-39-15-5-2-6-16-39/h2-10,15-20,25-28,44,72,78H,1,11-14,21-24,29-37H2,(H3,59,60,61,66,67,68,73,75,76)/p+1. The molecular weight excluding hydrogens is 1150 g/mol. The molecule has 1 aliphatic heterocycles. The van der Waals surface area contributed by atoms with Crippen LogP contribution in [0.4, 0.5) is 20.5 Å². The highest BCUT2D eigenvalue weighted by molar-refractivity contribution is 7.16. The van der Waals surface area contributed by atoms with Crippen molar-refractivity contribution in [1.82, 2.24) is 40.6 Å². The van der Waals surface area contributed by atoms with Crippen LogP contribution in [0.5, 0.6) is 0 Å². The van der Waals surface area contributed by atoms with E-state index in [1.54, 1.807) is 54.6 Å². The third-order valence-electron chi connectivity index (χ3n) is 13.5. The number of anilines is 4. The number of benzene rings is 4. The number of rotatable bonds is 29. The van der Waals surface area contributed by atoms with E-state index in [2.05, 4.69) is 63.3 Å². The summed E-state index contributed by atoms with van der Waals surface area (Å²) >= 11 is 5.07. The van der Waals surface area contributed by atoms with Gasteiger partial charge in [0.1, 0.15) is 26.6 Å². The van der Waals surface area contributed by atoms with E-state index in [4.69, 9.17) is 14.6 Å². The summed E-state index contributed by atoms with van der Waals surface area (Å²) in [6.45, 7) is 5.81. The summed E-state index contributed by atoms with van der Waals surface area (Å²) in [5, 5.41) is 67.8. The lowest BCUT2D eigenvalue weighted by atomic mass is 9.94. The minimum absolute atomic E-state index is 0.125. The second-order valence-electron chi connectivity index (χ2n) is 19.5. The van der Waals surface area contributed by atoms with Gasteiger partial charge in [-0.2, -0.15) is 5.32 Å². The van der Waals surface area contributed by atoms with Crippen LogP contribution in [0.1, 0.15) is 80.3 Å². The fourth-order valence-electron chi connectivity index (χ4n) is 8.79. The molecule has 4 aromatic carbocycles. The van der Waals surface area contributed by atoms with Gasteiger partial charge in [-0.25, -0.2) is 4.79 Å². The van der Waals surface area contributed by atoms with Crippen molar-refractivity contribution in [3.63, 3.8) is 0 Å². The van der Waals surface area contributed by atoms with E-state index >= 15 is 0 Å². The fourth-order valence-corrected chi connectivity index (χ4v) is 12.1. The average molecular weight is 1210 g/mol. The number of unbranched alkanes of at least 4 members (excludes halogenated alkanes) is 2. The summed E-state index contributed by atoms with van der Waals surface area (Å²) in [6, 6.07) is 33.6. The first kappa shape index (κ1) is 60.6. The number of ether oxygens (including phenoxy) is 2. The molecular formula is C58H62N13O9S4+. The number of aliphatic hydroxyl groups excluding tert-OH is 1. The summed E-state index contributed by atoms with van der Waals surface area (Å²) in [6.07, 6.45) is 5.58. The summed E-state index contributed by atoms with van der Waals surface area (Å²) in [4.78, 5) is 68.9. The van der Waals surface area contributed by atoms with E-state index in [0.717, 1.165) is 34.0 Å². The molecule has 6 N–H and O–H groups in total. The summed E-state index contributed by atoms with van der Waals surface area (Å²) in [7, 11) is 0. The number of hydrogen-bond donors (Lipinski definition) is 6. The molecule has 0 spiro atoms. The Bertz CT molecular complexity index is 3490. The number of aryl methyl sites for hydroxylation is 4. The van der Waals surface area contributed by atoms with Crippen LogP contribution in [0.2, 0.25) is 0 Å². The van der Waals surface area contributed by atoms with Crippen LogP contribution < -0.4 is 25.9 Å². The molecule has 0 aliphatic carbocycles. The van der Waals surface area contributed by atoms with Crippen LogP contribution in [0.25, 0.3) is 11.3 Å². The molecule has 84 heavy (non-hydrogen) atoms. The molecule has 5 heterocycles. The van der Waals surface area contributed by atoms with Crippen LogP contribution in [0.15, 0.2) is 122 Å². The van der Waals surface area contributed by atoms with Crippen LogP contribution in [0, 0.1) is 0 Å². The monoisotopic (exact) mass is 1210 g/mol. The quantitative estimate of drug-likeness (QED) is 0.0122. The number of esters is 1. The SMILES string of the molecule is C=C(C(=O)Nc1nnc(CCCCc2nnc(NC(=O)C(COC(=O)CCN3CCOCC3)c3ccc(-[n+]4nc(CCCCc5nnc(NC(=O)Cc6ccccc6)s5)sc4NC(=O)C(O)(CO)c4ccccc4)cc3)s2)s1)c1ccccc1. The van der Waals surface area contributed by atoms with Gasteiger partial charge in [-0.15, -0.1) is 30.6 Å². The van der Waals surface area contributed by atoms with Crippen molar-refractivity contribution < 1.29 is 48.3 Å². The summed E-state index contributed by atoms with van der Waals surface area (Å²) in [5.74, 6) is -3.32. The third-order valence-corrected chi connectivity index (χ3v) is 17.1. The van der Waals surface area contributed by atoms with Crippen molar-refractivity contribution in [2.24, 2.45) is 0 Å². The van der Waals surface area contributed by atoms with Crippen molar-refractivity contribution in [2.45, 2.75) is 75.7 Å². The summed E-state index contributed by atoms with van der Waals surface area (Å²) < 4.78 is 12.8. The third kappa shape index (κ3) is 17.1. The Balaban J connectivity index is 0.849. The minimum Gasteiger partial charge on any atom is -0.464 e. The van der Waals surface area contributed by atoms with Crippen LogP contribution in [-0.4, -0.2) is 126 Å². The molecule has 1 fully saturated rings. The molecule has 1 aliphatic rings. The highest BCUT2D eigenvalue weighted by Gasteiger charge is 2.42. The van der Waals surface area contributed by atoms with Crippen molar-refractivity contribution >= 4 is 101 Å². The number of carbonyl (C=O) groups is 5. The lowest BCUT2D eigenvalue weighted by Gasteiger charge is -2.26. The predicted molar refractivity (Wildman–Crippen MR) is 320 cm³/mol. The van der Waals surface area contributed by atoms with Crippen molar-refractivity contribution in [2.75, 3.05) is 67.3 Å². The maximum Gasteiger partial charge on any atom is 0.369 e. The van der Waals surface area contributed by atoms with Gasteiger partial charge in [-0.05, 0) is 71.4 Å². The lowest BCUT2D eigenvalue weighted by molar-refractivity contribution is -0.640. The lowest BCUT2D eigenvalue weighted by Crippen LogP contribution is -2.46. The van der Waals surface area contributed by atoms with Crippen LogP contribution in [-0.2, 0) is 71.2 Å². The van der Waals surface area contributed by atoms with Gasteiger partial charge in [0.2, 0.25) is 32.8 Å². The zero-order chi connectivity index (χ0) is 58.7. The molecule has 1 saturated heterocycles. The van der Waals surface area contributed by atoms with E-state index in [9.17, 15) is 34.2 Å². The van der Waals surface area contributed by atoms with Crippen LogP contribution in [0.3, 0.4) is 0 Å². The molecule has 8 aromatic rings. The first-order valence-electron chi connectivity index (χ1n) is 27.2. The van der Waals surface area contributed by atoms with Crippen molar-refractivity contribution in [3.05, 3.63) is 164 Å². The van der Waals surface area contributed by atoms with E-state index < -0.39 is 35.9 Å². The van der Waals surface area contributed by atoms with Gasteiger partial charge in [0.25, 0.3) is 5.91 Å². The van der Waals surface area contributed by atoms with E-state index in [1.165, 1.54) is 50.0 Å². The number of amides is 4. The van der Waals surface area contributed by atoms with Gasteiger partial charge in [0.15, 0.2) is 5.69 Å². The van der Waals surface area contributed by atoms with Crippen molar-refractivity contribution in [3.8, 4) is 5.69 Å². The fraction of sp³-hybridized carbons (Fsp3) is 0.328. The smallest absolute Gasteiger partial charge is 0.369 e. The number of nitrogens with one attached hydrogen (secondary N) is 4. The molecule has 4 aromatic heterocycles. The van der Waals surface area contributed by atoms with Gasteiger partial charge in [-0.3, -0.25) is 34.7 Å². The molecule has 22 nitrogen and oxygen atoms in total. The Morgan fingerprint density at radius 1 is 0.667 bits per heavy atom. The molecule has 0 bridgehead atoms. The van der Waals surface area contributed by atoms with Gasteiger partial charge in [0.05, 0.1) is 38.6 Å². The Labute approximate surface area is 500 Å². The Kier molecular flexibility index (Phi) is 21.7. The molecule has 0 saturated carbocycles. The molecule has 2 unspecified atom stereocenters. The van der Waals surface area contributed by atoms with E-state index in [1.807, 2.05) is 60.7 Å². The number of hydrogen-bond acceptors (Lipinski definition) is 21. The van der Waals surface area contributed by atoms with Gasteiger partial charge < -0.3 is 25.0 Å². The zero-order valence-corrected chi connectivity index (χ0v) is 49.0. The number of aromatic nitrogens is 8. The molecule has 4 amide bonds. The second kappa shape index (κ2) is 30.0. The average Bonchev–Trinajstić information content (AvgIpc) is 3.56. The van der Waals surface area contributed by atoms with E-state index in [-0.39, 0.29) is 47.1 Å². The van der Waals surface area contributed by atoms with E-state index in [0.29, 0.717) is 108 Å². The maximum atomic E-state index is 14.3. The Morgan fingerprint density at radius 2 is 1.21 bits per heavy atom.